The Balaban J connectivity index is 0.00000625. The van der Waals surface area contributed by atoms with E-state index >= 15 is 0 Å². The van der Waals surface area contributed by atoms with Crippen molar-refractivity contribution in [2.24, 2.45) is 0 Å². The Morgan fingerprint density at radius 3 is 1.58 bits per heavy atom. The van der Waals surface area contributed by atoms with Crippen molar-refractivity contribution >= 4 is 36.5 Å². The van der Waals surface area contributed by atoms with E-state index in [1.165, 1.54) is 13.8 Å². The molecule has 2 unspecified atom stereocenters. The van der Waals surface area contributed by atoms with Crippen molar-refractivity contribution in [1.82, 2.24) is 0 Å². The van der Waals surface area contributed by atoms with Gasteiger partial charge in [-0.3, -0.25) is 19.2 Å². The molecule has 152 valence electrons. The van der Waals surface area contributed by atoms with E-state index in [4.69, 9.17) is 36.3 Å². The van der Waals surface area contributed by atoms with Crippen LogP contribution in [0.5, 0.6) is 0 Å². The first-order chi connectivity index (χ1) is 11.6. The van der Waals surface area contributed by atoms with E-state index < -0.39 is 54.4 Å². The summed E-state index contributed by atoms with van der Waals surface area (Å²) in [4.78, 5) is 45.4. The number of hydrogen-bond donors (Lipinski definition) is 0. The molecule has 1 rings (SSSR count). The predicted molar refractivity (Wildman–Crippen MR) is 84.2 cm³/mol. The van der Waals surface area contributed by atoms with Crippen molar-refractivity contribution < 1.29 is 65.2 Å². The molecule has 1 aliphatic heterocycles. The second-order valence-electron chi connectivity index (χ2n) is 5.40. The van der Waals surface area contributed by atoms with Crippen LogP contribution in [0.4, 0.5) is 0 Å². The van der Waals surface area contributed by atoms with Gasteiger partial charge in [-0.15, -0.1) is 5.75 Å². The van der Waals surface area contributed by atoms with Crippen LogP contribution >= 0.6 is 0 Å². The molecule has 5 atom stereocenters. The number of rotatable bonds is 6. The van der Waals surface area contributed by atoms with Crippen molar-refractivity contribution in [2.45, 2.75) is 58.2 Å². The summed E-state index contributed by atoms with van der Waals surface area (Å²) in [5.74, 6) is -2.53. The quantitative estimate of drug-likeness (QED) is 0.181. The Bertz CT molecular complexity index is 527. The van der Waals surface area contributed by atoms with E-state index in [9.17, 15) is 19.2 Å². The molecule has 1 aliphatic rings. The topological polar surface area (TPSA) is 114 Å². The molecular formula is C15H21AuO9S. The van der Waals surface area contributed by atoms with Gasteiger partial charge in [0.25, 0.3) is 0 Å². The Morgan fingerprint density at radius 2 is 1.19 bits per heavy atom. The number of esters is 4. The predicted octanol–water partition coefficient (Wildman–Crippen LogP) is -0.344. The molecular weight excluding hydrogens is 553 g/mol. The molecule has 0 spiro atoms. The minimum absolute atomic E-state index is 0. The van der Waals surface area contributed by atoms with E-state index in [0.29, 0.717) is 0 Å². The van der Waals surface area contributed by atoms with E-state index in [2.05, 4.69) is 0 Å². The monoisotopic (exact) mass is 574 g/mol. The molecule has 0 aromatic carbocycles. The van der Waals surface area contributed by atoms with Gasteiger partial charge < -0.3 is 36.3 Å². The minimum Gasteiger partial charge on any atom is -0.790 e. The summed E-state index contributed by atoms with van der Waals surface area (Å²) >= 11 is 5.01. The van der Waals surface area contributed by atoms with Gasteiger partial charge in [0.1, 0.15) is 12.7 Å². The van der Waals surface area contributed by atoms with Crippen molar-refractivity contribution in [3.05, 3.63) is 0 Å². The van der Waals surface area contributed by atoms with Gasteiger partial charge in [0.15, 0.2) is 18.3 Å². The van der Waals surface area contributed by atoms with Crippen LogP contribution in [0.1, 0.15) is 27.7 Å². The molecule has 0 bridgehead atoms. The van der Waals surface area contributed by atoms with E-state index in [1.807, 2.05) is 0 Å². The molecule has 26 heavy (non-hydrogen) atoms. The Hall–Kier alpha value is -1.07. The van der Waals surface area contributed by atoms with Crippen LogP contribution in [0, 0.1) is 0 Å². The van der Waals surface area contributed by atoms with Gasteiger partial charge in [-0.2, -0.15) is 0 Å². The van der Waals surface area contributed by atoms with E-state index in [0.717, 1.165) is 13.8 Å². The van der Waals surface area contributed by atoms with Crippen LogP contribution in [-0.2, 0) is 77.9 Å². The number of carbonyl (C=O) groups is 4. The molecule has 0 aromatic rings. The van der Waals surface area contributed by atoms with Crippen LogP contribution in [0.25, 0.3) is 0 Å². The molecule has 9 nitrogen and oxygen atoms in total. The van der Waals surface area contributed by atoms with Crippen molar-refractivity contribution in [2.75, 3.05) is 12.4 Å². The van der Waals surface area contributed by atoms with Gasteiger partial charge in [-0.1, -0.05) is 0 Å². The third-order valence-electron chi connectivity index (χ3n) is 3.25. The first-order valence-electron chi connectivity index (χ1n) is 7.54. The van der Waals surface area contributed by atoms with Crippen molar-refractivity contribution in [1.29, 1.82) is 0 Å². The number of ether oxygens (including phenoxy) is 5. The minimum atomic E-state index is -1.15. The molecule has 0 aliphatic carbocycles. The Kier molecular flexibility index (Phi) is 11.1. The van der Waals surface area contributed by atoms with Gasteiger partial charge >= 0.3 is 46.3 Å². The average molecular weight is 574 g/mol. The summed E-state index contributed by atoms with van der Waals surface area (Å²) < 4.78 is 26.2. The molecule has 1 fully saturated rings. The molecule has 0 radical (unpaired) electrons. The van der Waals surface area contributed by atoms with Crippen LogP contribution in [0.3, 0.4) is 0 Å². The van der Waals surface area contributed by atoms with Gasteiger partial charge in [0, 0.05) is 27.7 Å². The summed E-state index contributed by atoms with van der Waals surface area (Å²) in [5, 5.41) is 0. The molecule has 0 N–H and O–H groups in total. The fourth-order valence-electron chi connectivity index (χ4n) is 2.45. The largest absolute Gasteiger partial charge is 1.00 e. The van der Waals surface area contributed by atoms with Crippen LogP contribution < -0.4 is 0 Å². The third kappa shape index (κ3) is 7.67. The van der Waals surface area contributed by atoms with Gasteiger partial charge in [-0.05, 0) is 0 Å². The number of carbonyl (C=O) groups excluding carboxylic acids is 4. The normalized spacial score (nSPS) is 27.5. The van der Waals surface area contributed by atoms with E-state index in [1.54, 1.807) is 0 Å². The maximum absolute atomic E-state index is 11.5. The maximum Gasteiger partial charge on any atom is 1.00 e. The van der Waals surface area contributed by atoms with E-state index in [-0.39, 0.29) is 34.7 Å². The molecule has 1 heterocycles. The zero-order valence-corrected chi connectivity index (χ0v) is 17.7. The molecule has 1 saturated heterocycles. The van der Waals surface area contributed by atoms with Crippen LogP contribution in [0.2, 0.25) is 0 Å². The number of hydrogen-bond acceptors (Lipinski definition) is 10. The summed E-state index contributed by atoms with van der Waals surface area (Å²) in [6.07, 6.45) is -5.08. The second-order valence-corrected chi connectivity index (χ2v) is 5.74. The molecule has 0 amide bonds. The average Bonchev–Trinajstić information content (AvgIpc) is 2.48. The first kappa shape index (κ1) is 24.9. The Morgan fingerprint density at radius 1 is 0.769 bits per heavy atom. The smallest absolute Gasteiger partial charge is 0.790 e. The second kappa shape index (κ2) is 11.6. The van der Waals surface area contributed by atoms with Gasteiger partial charge in [0.2, 0.25) is 0 Å². The summed E-state index contributed by atoms with van der Waals surface area (Å²) in [7, 11) is 0. The zero-order chi connectivity index (χ0) is 19.1. The molecule has 0 saturated carbocycles. The van der Waals surface area contributed by atoms with Crippen molar-refractivity contribution in [3.8, 4) is 0 Å². The standard InChI is InChI=1S/C15H22O9S.Au/c1-7(16)20-5-11-13(21-8(2)17)15(23-10(4)19)14(22-9(3)18)12(6-25)24-11;/h11-15,25H,5-6H2,1-4H3;/q;+1/p-1/t11?,12-,13-,14+,15?;/m0./s1. The zero-order valence-electron chi connectivity index (χ0n) is 14.7. The summed E-state index contributed by atoms with van der Waals surface area (Å²) in [6.45, 7) is 4.46. The summed E-state index contributed by atoms with van der Waals surface area (Å²) in [5.41, 5.74) is 0. The van der Waals surface area contributed by atoms with Gasteiger partial charge in [0.05, 0.1) is 6.10 Å². The van der Waals surface area contributed by atoms with Gasteiger partial charge in [-0.25, -0.2) is 0 Å². The fraction of sp³-hybridized carbons (Fsp3) is 0.733. The first-order valence-corrected chi connectivity index (χ1v) is 8.12. The maximum atomic E-state index is 11.5. The third-order valence-corrected chi connectivity index (χ3v) is 3.58. The van der Waals surface area contributed by atoms with Crippen LogP contribution in [-0.4, -0.2) is 66.8 Å². The fourth-order valence-corrected chi connectivity index (χ4v) is 2.72. The Labute approximate surface area is 172 Å². The SMILES string of the molecule is CC(=O)OCC1O[C@@H](C[S-])[C@@H](OC(C)=O)C(OC(C)=O)[C@H]1OC(C)=O.[Au+]. The molecule has 0 aromatic heterocycles. The molecule has 11 heteroatoms. The van der Waals surface area contributed by atoms with Crippen molar-refractivity contribution in [3.63, 3.8) is 0 Å². The summed E-state index contributed by atoms with van der Waals surface area (Å²) in [6, 6.07) is 0. The van der Waals surface area contributed by atoms with Crippen LogP contribution in [0.15, 0.2) is 0 Å².